The first-order chi connectivity index (χ1) is 10.3. The molecule has 4 nitrogen and oxygen atoms in total. The highest BCUT2D eigenvalue weighted by atomic mass is 16.7. The molecule has 1 aliphatic rings. The molecule has 1 aliphatic heterocycles. The lowest BCUT2D eigenvalue weighted by molar-refractivity contribution is 0.174. The van der Waals surface area contributed by atoms with Crippen molar-refractivity contribution < 1.29 is 14.6 Å². The second-order valence-corrected chi connectivity index (χ2v) is 5.09. The number of hydrogen-bond acceptors (Lipinski definition) is 4. The number of nitrogens with one attached hydrogen (secondary N) is 1. The lowest BCUT2D eigenvalue weighted by atomic mass is 10.0. The summed E-state index contributed by atoms with van der Waals surface area (Å²) in [7, 11) is 0. The third-order valence-corrected chi connectivity index (χ3v) is 3.71. The molecule has 0 bridgehead atoms. The Morgan fingerprint density at radius 3 is 2.76 bits per heavy atom. The van der Waals surface area contributed by atoms with Crippen LogP contribution in [0.5, 0.6) is 17.2 Å². The molecule has 2 N–H and O–H groups in total. The van der Waals surface area contributed by atoms with E-state index in [0.717, 1.165) is 29.0 Å². The van der Waals surface area contributed by atoms with E-state index in [1.54, 1.807) is 6.07 Å². The Kier molecular flexibility index (Phi) is 3.97. The zero-order chi connectivity index (χ0) is 14.7. The van der Waals surface area contributed by atoms with Crippen molar-refractivity contribution in [2.75, 3.05) is 6.79 Å². The van der Waals surface area contributed by atoms with Crippen LogP contribution < -0.4 is 14.8 Å². The van der Waals surface area contributed by atoms with Gasteiger partial charge in [-0.25, -0.2) is 0 Å². The summed E-state index contributed by atoms with van der Waals surface area (Å²) < 4.78 is 10.7. The minimum Gasteiger partial charge on any atom is -0.508 e. The van der Waals surface area contributed by atoms with Crippen molar-refractivity contribution in [2.45, 2.75) is 25.9 Å². The maximum Gasteiger partial charge on any atom is 0.231 e. The molecule has 1 heterocycles. The second kappa shape index (κ2) is 6.06. The zero-order valence-electron chi connectivity index (χ0n) is 12.0. The third-order valence-electron chi connectivity index (χ3n) is 3.71. The summed E-state index contributed by atoms with van der Waals surface area (Å²) in [6.45, 7) is 3.11. The van der Waals surface area contributed by atoms with Gasteiger partial charge < -0.3 is 19.9 Å². The molecule has 0 amide bonds. The van der Waals surface area contributed by atoms with E-state index < -0.39 is 0 Å². The lowest BCUT2D eigenvalue weighted by Crippen LogP contribution is -2.20. The predicted molar refractivity (Wildman–Crippen MR) is 80.5 cm³/mol. The minimum absolute atomic E-state index is 0.122. The Bertz CT molecular complexity index is 627. The summed E-state index contributed by atoms with van der Waals surface area (Å²) in [4.78, 5) is 0. The van der Waals surface area contributed by atoms with Gasteiger partial charge in [0.05, 0.1) is 0 Å². The van der Waals surface area contributed by atoms with Crippen LogP contribution in [0.4, 0.5) is 0 Å². The van der Waals surface area contributed by atoms with Gasteiger partial charge in [-0.05, 0) is 30.2 Å². The Labute approximate surface area is 124 Å². The first kappa shape index (κ1) is 13.8. The van der Waals surface area contributed by atoms with Gasteiger partial charge in [0.25, 0.3) is 0 Å². The summed E-state index contributed by atoms with van der Waals surface area (Å²) in [6, 6.07) is 13.5. The normalized spacial score (nSPS) is 14.1. The molecule has 0 fully saturated rings. The summed E-state index contributed by atoms with van der Waals surface area (Å²) in [5, 5.41) is 13.4. The molecule has 0 saturated carbocycles. The molecular weight excluding hydrogens is 266 g/mol. The maximum absolute atomic E-state index is 9.96. The van der Waals surface area contributed by atoms with Gasteiger partial charge in [0.15, 0.2) is 11.5 Å². The van der Waals surface area contributed by atoms with E-state index in [0.29, 0.717) is 19.1 Å². The molecule has 2 aromatic carbocycles. The van der Waals surface area contributed by atoms with Crippen molar-refractivity contribution in [2.24, 2.45) is 0 Å². The standard InChI is InChI=1S/C17H19NO3/c1-2-14(13-5-3-4-6-15(13)19)18-10-12-7-8-16-17(9-12)21-11-20-16/h3-9,14,18-19H,2,10-11H2,1H3. The van der Waals surface area contributed by atoms with E-state index >= 15 is 0 Å². The van der Waals surface area contributed by atoms with E-state index in [1.807, 2.05) is 36.4 Å². The van der Waals surface area contributed by atoms with E-state index in [4.69, 9.17) is 9.47 Å². The molecule has 21 heavy (non-hydrogen) atoms. The molecule has 1 unspecified atom stereocenters. The molecule has 110 valence electrons. The van der Waals surface area contributed by atoms with Gasteiger partial charge in [0, 0.05) is 18.2 Å². The summed E-state index contributed by atoms with van der Waals surface area (Å²) >= 11 is 0. The number of phenols is 1. The van der Waals surface area contributed by atoms with E-state index in [2.05, 4.69) is 12.2 Å². The number of hydrogen-bond donors (Lipinski definition) is 2. The highest BCUT2D eigenvalue weighted by molar-refractivity contribution is 5.44. The van der Waals surface area contributed by atoms with Crippen LogP contribution in [0.25, 0.3) is 0 Å². The van der Waals surface area contributed by atoms with Crippen molar-refractivity contribution in [3.05, 3.63) is 53.6 Å². The highest BCUT2D eigenvalue weighted by Crippen LogP contribution is 2.33. The average Bonchev–Trinajstić information content (AvgIpc) is 2.97. The smallest absolute Gasteiger partial charge is 0.231 e. The number of benzene rings is 2. The number of para-hydroxylation sites is 1. The molecule has 0 aromatic heterocycles. The first-order valence-electron chi connectivity index (χ1n) is 7.17. The number of aromatic hydroxyl groups is 1. The van der Waals surface area contributed by atoms with Crippen LogP contribution in [-0.2, 0) is 6.54 Å². The number of rotatable bonds is 5. The Morgan fingerprint density at radius 1 is 1.14 bits per heavy atom. The number of ether oxygens (including phenoxy) is 2. The average molecular weight is 285 g/mol. The van der Waals surface area contributed by atoms with Crippen molar-refractivity contribution in [3.63, 3.8) is 0 Å². The van der Waals surface area contributed by atoms with Crippen LogP contribution in [0.2, 0.25) is 0 Å². The molecular formula is C17H19NO3. The Hall–Kier alpha value is -2.20. The molecule has 0 saturated heterocycles. The summed E-state index contributed by atoms with van der Waals surface area (Å²) in [5.41, 5.74) is 2.06. The quantitative estimate of drug-likeness (QED) is 0.884. The van der Waals surface area contributed by atoms with E-state index in [-0.39, 0.29) is 6.04 Å². The van der Waals surface area contributed by atoms with Gasteiger partial charge in [0.1, 0.15) is 5.75 Å². The summed E-state index contributed by atoms with van der Waals surface area (Å²) in [5.74, 6) is 1.93. The predicted octanol–water partition coefficient (Wildman–Crippen LogP) is 3.36. The topological polar surface area (TPSA) is 50.7 Å². The van der Waals surface area contributed by atoms with E-state index in [9.17, 15) is 5.11 Å². The van der Waals surface area contributed by atoms with Crippen LogP contribution in [0.3, 0.4) is 0 Å². The monoisotopic (exact) mass is 285 g/mol. The van der Waals surface area contributed by atoms with Crippen LogP contribution in [0, 0.1) is 0 Å². The third kappa shape index (κ3) is 2.95. The van der Waals surface area contributed by atoms with Gasteiger partial charge in [0.2, 0.25) is 6.79 Å². The molecule has 0 aliphatic carbocycles. The zero-order valence-corrected chi connectivity index (χ0v) is 12.0. The second-order valence-electron chi connectivity index (χ2n) is 5.09. The van der Waals surface area contributed by atoms with Crippen molar-refractivity contribution in [1.82, 2.24) is 5.32 Å². The number of fused-ring (bicyclic) bond motifs is 1. The lowest BCUT2D eigenvalue weighted by Gasteiger charge is -2.18. The van der Waals surface area contributed by atoms with Gasteiger partial charge in [-0.2, -0.15) is 0 Å². The molecule has 4 heteroatoms. The minimum atomic E-state index is 0.122. The van der Waals surface area contributed by atoms with Gasteiger partial charge in [-0.15, -0.1) is 0 Å². The van der Waals surface area contributed by atoms with Crippen LogP contribution in [0.1, 0.15) is 30.5 Å². The van der Waals surface area contributed by atoms with Gasteiger partial charge in [-0.3, -0.25) is 0 Å². The maximum atomic E-state index is 9.96. The molecule has 0 radical (unpaired) electrons. The molecule has 2 aromatic rings. The largest absolute Gasteiger partial charge is 0.508 e. The Morgan fingerprint density at radius 2 is 1.95 bits per heavy atom. The fourth-order valence-corrected chi connectivity index (χ4v) is 2.55. The van der Waals surface area contributed by atoms with Gasteiger partial charge >= 0.3 is 0 Å². The van der Waals surface area contributed by atoms with Gasteiger partial charge in [-0.1, -0.05) is 31.2 Å². The van der Waals surface area contributed by atoms with Crippen LogP contribution in [0.15, 0.2) is 42.5 Å². The van der Waals surface area contributed by atoms with Crippen LogP contribution in [-0.4, -0.2) is 11.9 Å². The number of phenolic OH excluding ortho intramolecular Hbond substituents is 1. The Balaban J connectivity index is 1.70. The first-order valence-corrected chi connectivity index (χ1v) is 7.17. The highest BCUT2D eigenvalue weighted by Gasteiger charge is 2.15. The van der Waals surface area contributed by atoms with Crippen molar-refractivity contribution in [1.29, 1.82) is 0 Å². The summed E-state index contributed by atoms with van der Waals surface area (Å²) in [6.07, 6.45) is 0.905. The molecule has 1 atom stereocenters. The fourth-order valence-electron chi connectivity index (χ4n) is 2.55. The van der Waals surface area contributed by atoms with E-state index in [1.165, 1.54) is 0 Å². The molecule has 3 rings (SSSR count). The van der Waals surface area contributed by atoms with Crippen molar-refractivity contribution in [3.8, 4) is 17.2 Å². The van der Waals surface area contributed by atoms with Crippen LogP contribution >= 0.6 is 0 Å². The SMILES string of the molecule is CCC(NCc1ccc2c(c1)OCO2)c1ccccc1O. The fraction of sp³-hybridized carbons (Fsp3) is 0.294. The molecule has 0 spiro atoms. The van der Waals surface area contributed by atoms with Crippen molar-refractivity contribution >= 4 is 0 Å².